The molecule has 2 fully saturated rings. The first kappa shape index (κ1) is 18.1. The first-order valence-corrected chi connectivity index (χ1v) is 10.3. The van der Waals surface area contributed by atoms with Gasteiger partial charge in [-0.05, 0) is 44.7 Å². The molecule has 1 spiro atoms. The van der Waals surface area contributed by atoms with Crippen LogP contribution in [0.2, 0.25) is 0 Å². The molecule has 29 heavy (non-hydrogen) atoms. The Hall–Kier alpha value is -2.90. The lowest BCUT2D eigenvalue weighted by Gasteiger charge is -2.50. The standard InChI is InChI=1S/C21H25N5O3/c1-13-2-5-15(18(27)24-13)20(29)25-10-7-21(8-11-25)17-16(22-12-23-17)6-9-26(21)19(28)14-3-4-14/h2,5,12,14H,3-4,6-11H2,1H3,(H,22,23)(H,24,27). The number of aryl methyl sites for hydroxylation is 1. The summed E-state index contributed by atoms with van der Waals surface area (Å²) in [7, 11) is 0. The lowest BCUT2D eigenvalue weighted by molar-refractivity contribution is -0.143. The Morgan fingerprint density at radius 1 is 1.17 bits per heavy atom. The fourth-order valence-electron chi connectivity index (χ4n) is 4.85. The maximum Gasteiger partial charge on any atom is 0.260 e. The van der Waals surface area contributed by atoms with Crippen LogP contribution in [0.15, 0.2) is 23.3 Å². The van der Waals surface area contributed by atoms with Crippen molar-refractivity contribution in [3.8, 4) is 0 Å². The maximum atomic E-state index is 13.0. The van der Waals surface area contributed by atoms with E-state index < -0.39 is 5.54 Å². The van der Waals surface area contributed by atoms with Crippen molar-refractivity contribution in [1.82, 2.24) is 24.8 Å². The number of carbonyl (C=O) groups is 2. The van der Waals surface area contributed by atoms with Gasteiger partial charge in [0.1, 0.15) is 5.56 Å². The molecule has 0 unspecified atom stereocenters. The van der Waals surface area contributed by atoms with Crippen LogP contribution in [-0.4, -0.2) is 56.2 Å². The number of likely N-dealkylation sites (tertiary alicyclic amines) is 1. The van der Waals surface area contributed by atoms with Crippen molar-refractivity contribution in [3.05, 3.63) is 51.5 Å². The Kier molecular flexibility index (Phi) is 4.11. The molecule has 1 saturated carbocycles. The Balaban J connectivity index is 1.41. The van der Waals surface area contributed by atoms with Crippen LogP contribution in [0.1, 0.15) is 53.1 Å². The largest absolute Gasteiger partial charge is 0.348 e. The molecule has 2 aliphatic heterocycles. The van der Waals surface area contributed by atoms with Gasteiger partial charge in [0, 0.05) is 43.4 Å². The molecule has 2 N–H and O–H groups in total. The van der Waals surface area contributed by atoms with Gasteiger partial charge in [-0.1, -0.05) is 0 Å². The highest BCUT2D eigenvalue weighted by Crippen LogP contribution is 2.45. The lowest BCUT2D eigenvalue weighted by atomic mass is 9.78. The maximum absolute atomic E-state index is 13.0. The molecule has 1 saturated heterocycles. The highest BCUT2D eigenvalue weighted by atomic mass is 16.2. The smallest absolute Gasteiger partial charge is 0.260 e. The minimum Gasteiger partial charge on any atom is -0.348 e. The normalized spacial score (nSPS) is 20.6. The summed E-state index contributed by atoms with van der Waals surface area (Å²) in [5.41, 5.74) is 2.14. The molecule has 1 aliphatic carbocycles. The number of rotatable bonds is 2. The SMILES string of the molecule is Cc1ccc(C(=O)N2CCC3(CC2)c2nc[nH]c2CCN3C(=O)C2CC2)c(=O)[nH]1. The van der Waals surface area contributed by atoms with Gasteiger partial charge in [0.15, 0.2) is 0 Å². The monoisotopic (exact) mass is 395 g/mol. The number of piperidine rings is 1. The van der Waals surface area contributed by atoms with E-state index in [1.165, 1.54) is 0 Å². The molecule has 2 aromatic heterocycles. The van der Waals surface area contributed by atoms with E-state index in [2.05, 4.69) is 15.0 Å². The topological polar surface area (TPSA) is 102 Å². The van der Waals surface area contributed by atoms with Crippen LogP contribution in [0.5, 0.6) is 0 Å². The third kappa shape index (κ3) is 2.89. The fourth-order valence-corrected chi connectivity index (χ4v) is 4.85. The Bertz CT molecular complexity index is 1030. The molecule has 5 rings (SSSR count). The quantitative estimate of drug-likeness (QED) is 0.801. The minimum atomic E-state index is -0.455. The Labute approximate surface area is 168 Å². The number of nitrogens with zero attached hydrogens (tertiary/aromatic N) is 3. The second kappa shape index (κ2) is 6.57. The summed E-state index contributed by atoms with van der Waals surface area (Å²) in [6, 6.07) is 3.34. The van der Waals surface area contributed by atoms with Crippen LogP contribution in [0.25, 0.3) is 0 Å². The van der Waals surface area contributed by atoms with Gasteiger partial charge in [0.05, 0.1) is 17.6 Å². The average Bonchev–Trinajstić information content (AvgIpc) is 3.45. The van der Waals surface area contributed by atoms with Crippen molar-refractivity contribution >= 4 is 11.8 Å². The first-order chi connectivity index (χ1) is 14.0. The number of hydrogen-bond acceptors (Lipinski definition) is 4. The summed E-state index contributed by atoms with van der Waals surface area (Å²) in [5.74, 6) is 0.130. The van der Waals surface area contributed by atoms with Gasteiger partial charge in [-0.2, -0.15) is 0 Å². The summed E-state index contributed by atoms with van der Waals surface area (Å²) in [4.78, 5) is 52.5. The Morgan fingerprint density at radius 2 is 1.93 bits per heavy atom. The van der Waals surface area contributed by atoms with Crippen LogP contribution in [-0.2, 0) is 16.8 Å². The highest BCUT2D eigenvalue weighted by molar-refractivity contribution is 5.94. The van der Waals surface area contributed by atoms with Crippen LogP contribution in [0.4, 0.5) is 0 Å². The number of fused-ring (bicyclic) bond motifs is 2. The van der Waals surface area contributed by atoms with Gasteiger partial charge in [0.25, 0.3) is 11.5 Å². The zero-order chi connectivity index (χ0) is 20.2. The van der Waals surface area contributed by atoms with Gasteiger partial charge in [-0.25, -0.2) is 4.98 Å². The first-order valence-electron chi connectivity index (χ1n) is 10.3. The molecule has 0 aromatic carbocycles. The van der Waals surface area contributed by atoms with Gasteiger partial charge in [-0.3, -0.25) is 14.4 Å². The number of amides is 2. The molecule has 2 amide bonds. The van der Waals surface area contributed by atoms with Crippen molar-refractivity contribution in [1.29, 1.82) is 0 Å². The van der Waals surface area contributed by atoms with Crippen LogP contribution in [0, 0.1) is 12.8 Å². The van der Waals surface area contributed by atoms with Crippen molar-refractivity contribution < 1.29 is 9.59 Å². The number of hydrogen-bond donors (Lipinski definition) is 2. The van der Waals surface area contributed by atoms with Gasteiger partial charge < -0.3 is 19.8 Å². The van der Waals surface area contributed by atoms with Crippen molar-refractivity contribution in [3.63, 3.8) is 0 Å². The van der Waals surface area contributed by atoms with Crippen molar-refractivity contribution in [2.24, 2.45) is 5.92 Å². The van der Waals surface area contributed by atoms with Crippen molar-refractivity contribution in [2.45, 2.75) is 44.6 Å². The van der Waals surface area contributed by atoms with Crippen LogP contribution in [0.3, 0.4) is 0 Å². The van der Waals surface area contributed by atoms with E-state index in [0.717, 1.165) is 36.3 Å². The van der Waals surface area contributed by atoms with E-state index in [9.17, 15) is 14.4 Å². The molecule has 152 valence electrons. The average molecular weight is 395 g/mol. The molecule has 0 atom stereocenters. The van der Waals surface area contributed by atoms with E-state index >= 15 is 0 Å². The molecule has 0 bridgehead atoms. The van der Waals surface area contributed by atoms with Gasteiger partial charge >= 0.3 is 0 Å². The predicted molar refractivity (Wildman–Crippen MR) is 105 cm³/mol. The van der Waals surface area contributed by atoms with Gasteiger partial charge in [0.2, 0.25) is 5.91 Å². The molecule has 0 radical (unpaired) electrons. The molecule has 8 heteroatoms. The number of H-pyrrole nitrogens is 2. The van der Waals surface area contributed by atoms with E-state index in [0.29, 0.717) is 32.5 Å². The summed E-state index contributed by atoms with van der Waals surface area (Å²) in [6.45, 7) is 3.46. The number of imidazole rings is 1. The highest BCUT2D eigenvalue weighted by Gasteiger charge is 2.51. The fraction of sp³-hybridized carbons (Fsp3) is 0.524. The molecule has 3 aliphatic rings. The molecule has 4 heterocycles. The summed E-state index contributed by atoms with van der Waals surface area (Å²) in [5, 5.41) is 0. The zero-order valence-corrected chi connectivity index (χ0v) is 16.5. The van der Waals surface area contributed by atoms with E-state index in [4.69, 9.17) is 0 Å². The summed E-state index contributed by atoms with van der Waals surface area (Å²) in [6.07, 6.45) is 5.72. The predicted octanol–water partition coefficient (Wildman–Crippen LogP) is 1.33. The zero-order valence-electron chi connectivity index (χ0n) is 16.5. The Morgan fingerprint density at radius 3 is 2.62 bits per heavy atom. The number of pyridine rings is 1. The summed E-state index contributed by atoms with van der Waals surface area (Å²) >= 11 is 0. The molecule has 8 nitrogen and oxygen atoms in total. The third-order valence-electron chi connectivity index (χ3n) is 6.62. The lowest BCUT2D eigenvalue weighted by Crippen LogP contribution is -2.59. The second-order valence-electron chi connectivity index (χ2n) is 8.45. The van der Waals surface area contributed by atoms with Crippen LogP contribution < -0.4 is 5.56 Å². The van der Waals surface area contributed by atoms with Crippen LogP contribution >= 0.6 is 0 Å². The summed E-state index contributed by atoms with van der Waals surface area (Å²) < 4.78 is 0. The van der Waals surface area contributed by atoms with E-state index in [1.807, 2.05) is 4.90 Å². The number of carbonyl (C=O) groups excluding carboxylic acids is 2. The number of nitrogens with one attached hydrogen (secondary N) is 2. The van der Waals surface area contributed by atoms with E-state index in [1.54, 1.807) is 30.3 Å². The number of aromatic amines is 2. The number of aromatic nitrogens is 3. The molecular weight excluding hydrogens is 370 g/mol. The van der Waals surface area contributed by atoms with E-state index in [-0.39, 0.29) is 28.9 Å². The molecule has 2 aromatic rings. The van der Waals surface area contributed by atoms with Crippen molar-refractivity contribution in [2.75, 3.05) is 19.6 Å². The third-order valence-corrected chi connectivity index (χ3v) is 6.62. The second-order valence-corrected chi connectivity index (χ2v) is 8.45. The minimum absolute atomic E-state index is 0.151. The molecular formula is C21H25N5O3. The van der Waals surface area contributed by atoms with Gasteiger partial charge in [-0.15, -0.1) is 0 Å².